The lowest BCUT2D eigenvalue weighted by Crippen LogP contribution is -2.26. The Labute approximate surface area is 103 Å². The van der Waals surface area contributed by atoms with Crippen LogP contribution in [0.5, 0.6) is 5.75 Å². The van der Waals surface area contributed by atoms with Crippen molar-refractivity contribution in [2.24, 2.45) is 5.73 Å². The van der Waals surface area contributed by atoms with Crippen LogP contribution in [0.1, 0.15) is 30.5 Å². The molecule has 0 saturated heterocycles. The molecule has 0 aliphatic heterocycles. The summed E-state index contributed by atoms with van der Waals surface area (Å²) in [7, 11) is 1.63. The first-order valence-electron chi connectivity index (χ1n) is 5.18. The first kappa shape index (κ1) is 15.2. The molecule has 0 heterocycles. The molecule has 1 rings (SSSR count). The van der Waals surface area contributed by atoms with Gasteiger partial charge in [0.15, 0.2) is 0 Å². The van der Waals surface area contributed by atoms with Crippen LogP contribution in [-0.2, 0) is 0 Å². The Morgan fingerprint density at radius 1 is 1.44 bits per heavy atom. The fraction of sp³-hybridized carbons (Fsp3) is 0.500. The lowest BCUT2D eigenvalue weighted by molar-refractivity contribution is 0.140. The number of halogens is 1. The Morgan fingerprint density at radius 3 is 2.50 bits per heavy atom. The second kappa shape index (κ2) is 6.74. The molecule has 3 nitrogen and oxygen atoms in total. The van der Waals surface area contributed by atoms with Crippen molar-refractivity contribution in [3.63, 3.8) is 0 Å². The molecule has 0 saturated carbocycles. The van der Waals surface area contributed by atoms with Gasteiger partial charge in [0.2, 0.25) is 0 Å². The Balaban J connectivity index is 0.00000225. The highest BCUT2D eigenvalue weighted by molar-refractivity contribution is 5.85. The quantitative estimate of drug-likeness (QED) is 0.855. The molecule has 2 atom stereocenters. The average molecular weight is 246 g/mol. The fourth-order valence-corrected chi connectivity index (χ4v) is 1.61. The molecule has 1 aromatic rings. The summed E-state index contributed by atoms with van der Waals surface area (Å²) in [6.45, 7) is 3.89. The first-order chi connectivity index (χ1) is 7.10. The van der Waals surface area contributed by atoms with Gasteiger partial charge in [-0.2, -0.15) is 0 Å². The standard InChI is InChI=1S/C12H19NO2.ClH/c1-4-11(14)12(13)10-6-5-9(15-3)7-8(10)2;/h5-7,11-12,14H,4,13H2,1-3H3;1H/t11-,12+;/m1./s1. The number of ether oxygens (including phenoxy) is 1. The van der Waals surface area contributed by atoms with Crippen molar-refractivity contribution in [1.82, 2.24) is 0 Å². The van der Waals surface area contributed by atoms with Gasteiger partial charge < -0.3 is 15.6 Å². The lowest BCUT2D eigenvalue weighted by Gasteiger charge is -2.20. The number of nitrogens with two attached hydrogens (primary N) is 1. The van der Waals surface area contributed by atoms with E-state index in [1.165, 1.54) is 0 Å². The molecule has 0 radical (unpaired) electrons. The van der Waals surface area contributed by atoms with Crippen LogP contribution in [0, 0.1) is 6.92 Å². The summed E-state index contributed by atoms with van der Waals surface area (Å²) in [5, 5.41) is 9.67. The van der Waals surface area contributed by atoms with E-state index >= 15 is 0 Å². The van der Waals surface area contributed by atoms with Crippen molar-refractivity contribution in [2.45, 2.75) is 32.4 Å². The third-order valence-corrected chi connectivity index (χ3v) is 2.67. The molecule has 0 aliphatic rings. The highest BCUT2D eigenvalue weighted by atomic mass is 35.5. The maximum Gasteiger partial charge on any atom is 0.119 e. The van der Waals surface area contributed by atoms with Gasteiger partial charge in [0.05, 0.1) is 19.3 Å². The average Bonchev–Trinajstić information content (AvgIpc) is 2.26. The van der Waals surface area contributed by atoms with Gasteiger partial charge in [-0.25, -0.2) is 0 Å². The van der Waals surface area contributed by atoms with Gasteiger partial charge in [0, 0.05) is 0 Å². The van der Waals surface area contributed by atoms with Crippen LogP contribution < -0.4 is 10.5 Å². The lowest BCUT2D eigenvalue weighted by atomic mass is 9.96. The Hall–Kier alpha value is -0.770. The number of hydrogen-bond acceptors (Lipinski definition) is 3. The highest BCUT2D eigenvalue weighted by Crippen LogP contribution is 2.23. The summed E-state index contributed by atoms with van der Waals surface area (Å²) in [5.74, 6) is 0.814. The molecule has 4 heteroatoms. The Bertz CT molecular complexity index is 331. The summed E-state index contributed by atoms with van der Waals surface area (Å²) >= 11 is 0. The monoisotopic (exact) mass is 245 g/mol. The van der Waals surface area contributed by atoms with Crippen molar-refractivity contribution >= 4 is 12.4 Å². The second-order valence-electron chi connectivity index (χ2n) is 3.72. The minimum atomic E-state index is -0.489. The third kappa shape index (κ3) is 3.37. The van der Waals surface area contributed by atoms with Crippen LogP contribution in [0.15, 0.2) is 18.2 Å². The SMILES string of the molecule is CC[C@@H](O)[C@@H](N)c1ccc(OC)cc1C.Cl. The number of methoxy groups -OCH3 is 1. The van der Waals surface area contributed by atoms with Crippen molar-refractivity contribution in [2.75, 3.05) is 7.11 Å². The normalized spacial score (nSPS) is 13.8. The van der Waals surface area contributed by atoms with E-state index < -0.39 is 6.10 Å². The fourth-order valence-electron chi connectivity index (χ4n) is 1.61. The first-order valence-corrected chi connectivity index (χ1v) is 5.18. The number of aliphatic hydroxyl groups is 1. The largest absolute Gasteiger partial charge is 0.497 e. The van der Waals surface area contributed by atoms with Crippen LogP contribution in [0.4, 0.5) is 0 Å². The number of aryl methyl sites for hydroxylation is 1. The van der Waals surface area contributed by atoms with E-state index in [2.05, 4.69) is 0 Å². The van der Waals surface area contributed by atoms with Crippen LogP contribution >= 0.6 is 12.4 Å². The number of rotatable bonds is 4. The number of hydrogen-bond donors (Lipinski definition) is 2. The topological polar surface area (TPSA) is 55.5 Å². The van der Waals surface area contributed by atoms with Gasteiger partial charge in [0.1, 0.15) is 5.75 Å². The van der Waals surface area contributed by atoms with Crippen molar-refractivity contribution in [3.8, 4) is 5.75 Å². The predicted octanol–water partition coefficient (Wildman–Crippen LogP) is 2.20. The van der Waals surface area contributed by atoms with Gasteiger partial charge in [0.25, 0.3) is 0 Å². The van der Waals surface area contributed by atoms with Gasteiger partial charge >= 0.3 is 0 Å². The van der Waals surface area contributed by atoms with Crippen LogP contribution in [0.2, 0.25) is 0 Å². The summed E-state index contributed by atoms with van der Waals surface area (Å²) < 4.78 is 5.11. The molecular weight excluding hydrogens is 226 g/mol. The zero-order chi connectivity index (χ0) is 11.4. The molecule has 0 aliphatic carbocycles. The van der Waals surface area contributed by atoms with Gasteiger partial charge in [-0.1, -0.05) is 13.0 Å². The van der Waals surface area contributed by atoms with Crippen molar-refractivity contribution < 1.29 is 9.84 Å². The number of aliphatic hydroxyl groups excluding tert-OH is 1. The predicted molar refractivity (Wildman–Crippen MR) is 68.2 cm³/mol. The molecule has 16 heavy (non-hydrogen) atoms. The summed E-state index contributed by atoms with van der Waals surface area (Å²) in [6.07, 6.45) is 0.171. The second-order valence-corrected chi connectivity index (χ2v) is 3.72. The van der Waals surface area contributed by atoms with E-state index in [1.807, 2.05) is 32.0 Å². The van der Waals surface area contributed by atoms with Gasteiger partial charge in [-0.05, 0) is 36.6 Å². The van der Waals surface area contributed by atoms with Crippen LogP contribution in [-0.4, -0.2) is 18.3 Å². The van der Waals surface area contributed by atoms with Crippen LogP contribution in [0.3, 0.4) is 0 Å². The summed E-state index contributed by atoms with van der Waals surface area (Å²) in [6, 6.07) is 5.39. The van der Waals surface area contributed by atoms with Crippen molar-refractivity contribution in [1.29, 1.82) is 0 Å². The van der Waals surface area contributed by atoms with Crippen LogP contribution in [0.25, 0.3) is 0 Å². The van der Waals surface area contributed by atoms with E-state index in [-0.39, 0.29) is 18.4 Å². The molecule has 0 fully saturated rings. The molecule has 0 amide bonds. The third-order valence-electron chi connectivity index (χ3n) is 2.67. The summed E-state index contributed by atoms with van der Waals surface area (Å²) in [5.41, 5.74) is 7.98. The minimum absolute atomic E-state index is 0. The van der Waals surface area contributed by atoms with Crippen molar-refractivity contribution in [3.05, 3.63) is 29.3 Å². The zero-order valence-corrected chi connectivity index (χ0v) is 10.8. The Kier molecular flexibility index (Phi) is 6.41. The molecule has 3 N–H and O–H groups in total. The summed E-state index contributed by atoms with van der Waals surface area (Å²) in [4.78, 5) is 0. The van der Waals surface area contributed by atoms with E-state index in [0.717, 1.165) is 16.9 Å². The molecule has 0 bridgehead atoms. The highest BCUT2D eigenvalue weighted by Gasteiger charge is 2.16. The smallest absolute Gasteiger partial charge is 0.119 e. The van der Waals surface area contributed by atoms with E-state index in [9.17, 15) is 5.11 Å². The van der Waals surface area contributed by atoms with E-state index in [0.29, 0.717) is 6.42 Å². The van der Waals surface area contributed by atoms with Gasteiger partial charge in [-0.3, -0.25) is 0 Å². The number of benzene rings is 1. The maximum absolute atomic E-state index is 9.67. The molecule has 0 aromatic heterocycles. The van der Waals surface area contributed by atoms with E-state index in [4.69, 9.17) is 10.5 Å². The molecule has 0 spiro atoms. The molecule has 0 unspecified atom stereocenters. The zero-order valence-electron chi connectivity index (χ0n) is 9.93. The molecular formula is C12H20ClNO2. The minimum Gasteiger partial charge on any atom is -0.497 e. The van der Waals surface area contributed by atoms with E-state index in [1.54, 1.807) is 7.11 Å². The molecule has 1 aromatic carbocycles. The van der Waals surface area contributed by atoms with Gasteiger partial charge in [-0.15, -0.1) is 12.4 Å². The molecule has 92 valence electrons. The Morgan fingerprint density at radius 2 is 2.06 bits per heavy atom. The maximum atomic E-state index is 9.67.